The fourth-order valence-electron chi connectivity index (χ4n) is 0.911. The number of rotatable bonds is 1. The Bertz CT molecular complexity index is 288. The van der Waals surface area contributed by atoms with Crippen molar-refractivity contribution in [1.82, 2.24) is 0 Å². The molecule has 0 fully saturated rings. The number of carbonyl (C=O) groups excluding carboxylic acids is 1. The number of carbonyl (C=O) groups is 1. The third kappa shape index (κ3) is 5.27. The van der Waals surface area contributed by atoms with Crippen molar-refractivity contribution >= 4 is 57.4 Å². The van der Waals surface area contributed by atoms with Gasteiger partial charge in [-0.05, 0) is 32.9 Å². The molecule has 0 spiro atoms. The number of esters is 1. The predicted molar refractivity (Wildman–Crippen MR) is 58.8 cm³/mol. The summed E-state index contributed by atoms with van der Waals surface area (Å²) in [6.07, 6.45) is 0. The topological polar surface area (TPSA) is 26.3 Å². The van der Waals surface area contributed by atoms with Crippen molar-refractivity contribution in [3.63, 3.8) is 0 Å². The monoisotopic (exact) mass is 218 g/mol. The normalized spacial score (nSPS) is 10.2. The number of benzene rings is 1. The van der Waals surface area contributed by atoms with E-state index >= 15 is 0 Å². The first-order valence-electron chi connectivity index (χ1n) is 4.27. The van der Waals surface area contributed by atoms with Gasteiger partial charge < -0.3 is 4.74 Å². The van der Waals surface area contributed by atoms with E-state index in [9.17, 15) is 4.79 Å². The molecule has 2 nitrogen and oxygen atoms in total. The van der Waals surface area contributed by atoms with Gasteiger partial charge in [-0.15, -0.1) is 0 Å². The van der Waals surface area contributed by atoms with Gasteiger partial charge >= 0.3 is 57.4 Å². The maximum atomic E-state index is 11.4. The summed E-state index contributed by atoms with van der Waals surface area (Å²) in [4.78, 5) is 11.4. The van der Waals surface area contributed by atoms with Crippen molar-refractivity contribution in [3.05, 3.63) is 35.9 Å². The Hall–Kier alpha value is 0.326. The minimum absolute atomic E-state index is 0. The molecule has 0 atom stereocenters. The summed E-state index contributed by atoms with van der Waals surface area (Å²) >= 11 is 0. The first kappa shape index (κ1) is 14.3. The molecule has 0 aliphatic heterocycles. The van der Waals surface area contributed by atoms with Crippen molar-refractivity contribution in [1.29, 1.82) is 0 Å². The second-order valence-corrected chi connectivity index (χ2v) is 3.87. The summed E-state index contributed by atoms with van der Waals surface area (Å²) < 4.78 is 5.18. The van der Waals surface area contributed by atoms with E-state index in [0.29, 0.717) is 5.56 Å². The molecule has 0 saturated carbocycles. The molecule has 0 saturated heterocycles. The molecule has 72 valence electrons. The van der Waals surface area contributed by atoms with E-state index in [1.807, 2.05) is 39.0 Å². The Morgan fingerprint density at radius 3 is 2.07 bits per heavy atom. The third-order valence-corrected chi connectivity index (χ3v) is 1.41. The van der Waals surface area contributed by atoms with E-state index in [4.69, 9.17) is 4.74 Å². The summed E-state index contributed by atoms with van der Waals surface area (Å²) in [5.41, 5.74) is 0.171. The Balaban J connectivity index is 0.00000169. The third-order valence-electron chi connectivity index (χ3n) is 1.41. The molecule has 0 bridgehead atoms. The first-order chi connectivity index (χ1) is 5.99. The van der Waals surface area contributed by atoms with Crippen LogP contribution in [0.25, 0.3) is 0 Å². The van der Waals surface area contributed by atoms with Crippen LogP contribution in [0.1, 0.15) is 31.1 Å². The van der Waals surface area contributed by atoms with Gasteiger partial charge in [0.1, 0.15) is 5.60 Å². The van der Waals surface area contributed by atoms with E-state index in [0.717, 1.165) is 0 Å². The molecule has 1 aromatic rings. The second kappa shape index (κ2) is 6.03. The molecule has 1 rings (SSSR count). The van der Waals surface area contributed by atoms with Crippen molar-refractivity contribution in [2.24, 2.45) is 0 Å². The zero-order valence-electron chi connectivity index (χ0n) is 8.20. The van der Waals surface area contributed by atoms with Crippen LogP contribution in [-0.2, 0) is 4.74 Å². The molecule has 0 unspecified atom stereocenters. The second-order valence-electron chi connectivity index (χ2n) is 3.87. The molecule has 0 aromatic heterocycles. The SMILES string of the molecule is CC(C)(C)OC(=O)c1ccccc1.[KH]. The van der Waals surface area contributed by atoms with Gasteiger partial charge in [-0.3, -0.25) is 0 Å². The van der Waals surface area contributed by atoms with Gasteiger partial charge in [-0.2, -0.15) is 0 Å². The van der Waals surface area contributed by atoms with Gasteiger partial charge in [-0.1, -0.05) is 18.2 Å². The number of ether oxygens (including phenoxy) is 1. The zero-order valence-corrected chi connectivity index (χ0v) is 8.20. The van der Waals surface area contributed by atoms with E-state index in [-0.39, 0.29) is 57.4 Å². The average Bonchev–Trinajstić information content (AvgIpc) is 2.03. The molecule has 0 amide bonds. The Morgan fingerprint density at radius 1 is 1.14 bits per heavy atom. The Kier molecular flexibility index (Phi) is 6.17. The quantitative estimate of drug-likeness (QED) is 0.532. The molecular weight excluding hydrogens is 203 g/mol. The van der Waals surface area contributed by atoms with E-state index in [2.05, 4.69) is 0 Å². The molecule has 14 heavy (non-hydrogen) atoms. The standard InChI is InChI=1S/C11H14O2.K.H/c1-11(2,3)13-10(12)9-7-5-4-6-8-9;;/h4-8H,1-3H3;;. The van der Waals surface area contributed by atoms with Crippen LogP contribution >= 0.6 is 0 Å². The predicted octanol–water partition coefficient (Wildman–Crippen LogP) is 1.99. The molecule has 3 heteroatoms. The maximum absolute atomic E-state index is 11.4. The molecule has 0 aliphatic carbocycles. The van der Waals surface area contributed by atoms with Crippen LogP contribution in [0.15, 0.2) is 30.3 Å². The fraction of sp³-hybridized carbons (Fsp3) is 0.364. The molecule has 0 N–H and O–H groups in total. The van der Waals surface area contributed by atoms with Gasteiger partial charge in [0.25, 0.3) is 0 Å². The number of hydrogen-bond acceptors (Lipinski definition) is 2. The van der Waals surface area contributed by atoms with Gasteiger partial charge in [0.2, 0.25) is 0 Å². The molecule has 1 aromatic carbocycles. The summed E-state index contributed by atoms with van der Waals surface area (Å²) in [5, 5.41) is 0. The van der Waals surface area contributed by atoms with Crippen LogP contribution in [0.5, 0.6) is 0 Å². The molecule has 0 radical (unpaired) electrons. The minimum atomic E-state index is -0.424. The van der Waals surface area contributed by atoms with E-state index in [1.165, 1.54) is 0 Å². The molecule has 0 aliphatic rings. The van der Waals surface area contributed by atoms with Crippen LogP contribution in [0.3, 0.4) is 0 Å². The molecular formula is C11H15KO2. The first-order valence-corrected chi connectivity index (χ1v) is 4.27. The van der Waals surface area contributed by atoms with Crippen molar-refractivity contribution in [2.45, 2.75) is 26.4 Å². The van der Waals surface area contributed by atoms with Crippen LogP contribution in [0, 0.1) is 0 Å². The number of hydrogen-bond donors (Lipinski definition) is 0. The fourth-order valence-corrected chi connectivity index (χ4v) is 0.911. The van der Waals surface area contributed by atoms with Crippen LogP contribution < -0.4 is 0 Å². The van der Waals surface area contributed by atoms with Gasteiger partial charge in [0.05, 0.1) is 5.56 Å². The molecule has 0 heterocycles. The Labute approximate surface area is 127 Å². The summed E-state index contributed by atoms with van der Waals surface area (Å²) in [7, 11) is 0. The van der Waals surface area contributed by atoms with Crippen LogP contribution in [0.4, 0.5) is 0 Å². The van der Waals surface area contributed by atoms with E-state index < -0.39 is 5.60 Å². The van der Waals surface area contributed by atoms with Crippen molar-refractivity contribution < 1.29 is 9.53 Å². The van der Waals surface area contributed by atoms with Gasteiger partial charge in [0, 0.05) is 0 Å². The summed E-state index contributed by atoms with van der Waals surface area (Å²) in [5.74, 6) is -0.270. The van der Waals surface area contributed by atoms with E-state index in [1.54, 1.807) is 12.1 Å². The van der Waals surface area contributed by atoms with Gasteiger partial charge in [0.15, 0.2) is 0 Å². The van der Waals surface area contributed by atoms with Crippen molar-refractivity contribution in [2.75, 3.05) is 0 Å². The summed E-state index contributed by atoms with van der Waals surface area (Å²) in [6.45, 7) is 5.56. The van der Waals surface area contributed by atoms with Gasteiger partial charge in [-0.25, -0.2) is 4.79 Å². The Morgan fingerprint density at radius 2 is 1.64 bits per heavy atom. The zero-order chi connectivity index (χ0) is 9.90. The van der Waals surface area contributed by atoms with Crippen molar-refractivity contribution in [3.8, 4) is 0 Å². The van der Waals surface area contributed by atoms with Crippen LogP contribution in [-0.4, -0.2) is 63.0 Å². The average molecular weight is 218 g/mol. The summed E-state index contributed by atoms with van der Waals surface area (Å²) in [6, 6.07) is 8.99. The van der Waals surface area contributed by atoms with Crippen LogP contribution in [0.2, 0.25) is 0 Å².